The normalized spacial score (nSPS) is 16.7. The largest absolute Gasteiger partial charge is 0.494 e. The molecule has 3 aromatic carbocycles. The van der Waals surface area contributed by atoms with Gasteiger partial charge in [0.2, 0.25) is 11.8 Å². The third-order valence-corrected chi connectivity index (χ3v) is 12.0. The molecule has 2 aliphatic heterocycles. The van der Waals surface area contributed by atoms with E-state index in [4.69, 9.17) is 77.1 Å². The van der Waals surface area contributed by atoms with E-state index in [2.05, 4.69) is 55.7 Å². The molecular weight excluding hydrogens is 973 g/mol. The van der Waals surface area contributed by atoms with Crippen LogP contribution in [0.2, 0.25) is 15.1 Å². The van der Waals surface area contributed by atoms with Crippen LogP contribution in [-0.2, 0) is 28.2 Å². The highest BCUT2D eigenvalue weighted by Gasteiger charge is 2.52. The predicted octanol–water partition coefficient (Wildman–Crippen LogP) is 9.95. The van der Waals surface area contributed by atoms with Crippen molar-refractivity contribution in [3.8, 4) is 0 Å². The number of hydrogen-bond acceptors (Lipinski definition) is 9. The van der Waals surface area contributed by atoms with Crippen LogP contribution in [0.25, 0.3) is 0 Å². The van der Waals surface area contributed by atoms with E-state index in [1.807, 2.05) is 67.5 Å². The van der Waals surface area contributed by atoms with Gasteiger partial charge in [0.05, 0.1) is 65.7 Å². The lowest BCUT2D eigenvalue weighted by atomic mass is 9.63. The van der Waals surface area contributed by atoms with Crippen LogP contribution in [0.1, 0.15) is 83.1 Å². The van der Waals surface area contributed by atoms with Crippen molar-refractivity contribution >= 4 is 123 Å². The van der Waals surface area contributed by atoms with Crippen molar-refractivity contribution in [1.82, 2.24) is 0 Å². The summed E-state index contributed by atoms with van der Waals surface area (Å²) in [7, 11) is 4.38. The fraction of sp³-hybridized carbons (Fsp3) is 0.429. The van der Waals surface area contributed by atoms with E-state index in [1.165, 1.54) is 12.2 Å². The Hall–Kier alpha value is -2.34. The van der Waals surface area contributed by atoms with Gasteiger partial charge in [0.25, 0.3) is 0 Å². The van der Waals surface area contributed by atoms with E-state index in [9.17, 15) is 9.59 Å². The van der Waals surface area contributed by atoms with E-state index in [-0.39, 0.29) is 23.0 Å². The molecule has 332 valence electrons. The SMILES string of the molecule is C=CC(=O)Nc1cc(B2OC(C)(C)C(C)(C)O2)ccc1Cl.C=CC(=O)Nc1cc(Br)ccc1Cl.CC(C)(O)C(C)(C)O.Nc1cc(Br)ccc1Cl.[B]B1OC(C)(C)C(C)(C)O1. The summed E-state index contributed by atoms with van der Waals surface area (Å²) in [6.45, 7) is 28.9. The van der Waals surface area contributed by atoms with Crippen molar-refractivity contribution < 1.29 is 38.4 Å². The Morgan fingerprint density at radius 2 is 1.02 bits per heavy atom. The summed E-state index contributed by atoms with van der Waals surface area (Å²) < 4.78 is 24.4. The molecule has 0 atom stereocenters. The first kappa shape index (κ1) is 56.7. The van der Waals surface area contributed by atoms with Gasteiger partial charge in [-0.05, 0) is 149 Å². The fourth-order valence-electron chi connectivity index (χ4n) is 4.13. The van der Waals surface area contributed by atoms with Crippen molar-refractivity contribution in [2.24, 2.45) is 0 Å². The molecule has 2 fully saturated rings. The average Bonchev–Trinajstić information content (AvgIpc) is 3.46. The highest BCUT2D eigenvalue weighted by molar-refractivity contribution is 9.10. The number of hydrogen-bond donors (Lipinski definition) is 5. The molecule has 3 aromatic rings. The Morgan fingerprint density at radius 3 is 1.34 bits per heavy atom. The van der Waals surface area contributed by atoms with E-state index in [1.54, 1.807) is 70.2 Å². The number of carbonyl (C=O) groups is 2. The molecule has 2 heterocycles. The molecule has 0 unspecified atom stereocenters. The van der Waals surface area contributed by atoms with Crippen LogP contribution >= 0.6 is 66.7 Å². The smallest absolute Gasteiger partial charge is 0.411 e. The number of benzene rings is 3. The molecule has 5 rings (SSSR count). The zero-order valence-electron chi connectivity index (χ0n) is 36.8. The second-order valence-electron chi connectivity index (χ2n) is 16.7. The highest BCUT2D eigenvalue weighted by Crippen LogP contribution is 2.37. The summed E-state index contributed by atoms with van der Waals surface area (Å²) in [5, 5.41) is 25.0. The zero-order chi connectivity index (χ0) is 47.5. The van der Waals surface area contributed by atoms with Gasteiger partial charge < -0.3 is 45.2 Å². The molecule has 0 spiro atoms. The number of amides is 2. The summed E-state index contributed by atoms with van der Waals surface area (Å²) in [6.07, 6.45) is 2.38. The van der Waals surface area contributed by atoms with Gasteiger partial charge in [-0.15, -0.1) is 0 Å². The van der Waals surface area contributed by atoms with E-state index in [0.29, 0.717) is 32.1 Å². The number of carbonyl (C=O) groups excluding carboxylic acids is 2. The molecule has 6 N–H and O–H groups in total. The Kier molecular flexibility index (Phi) is 21.4. The average molecular weight is 1030 g/mol. The summed E-state index contributed by atoms with van der Waals surface area (Å²) in [5.74, 6) is -0.594. The third-order valence-electron chi connectivity index (χ3n) is 10.1. The van der Waals surface area contributed by atoms with E-state index >= 15 is 0 Å². The molecule has 2 saturated heterocycles. The van der Waals surface area contributed by atoms with Gasteiger partial charge in [0, 0.05) is 8.95 Å². The summed E-state index contributed by atoms with van der Waals surface area (Å²) in [5.41, 5.74) is 4.53. The van der Waals surface area contributed by atoms with E-state index < -0.39 is 36.5 Å². The third kappa shape index (κ3) is 18.0. The van der Waals surface area contributed by atoms with Crippen LogP contribution in [0.15, 0.2) is 88.9 Å². The Balaban J connectivity index is 0.000000403. The van der Waals surface area contributed by atoms with Gasteiger partial charge >= 0.3 is 14.1 Å². The number of anilines is 3. The minimum atomic E-state index is -1.01. The molecule has 0 aromatic heterocycles. The molecule has 2 radical (unpaired) electrons. The number of halogens is 5. The van der Waals surface area contributed by atoms with Crippen LogP contribution in [0, 0.1) is 0 Å². The second kappa shape index (κ2) is 23.0. The Labute approximate surface area is 395 Å². The molecule has 19 heteroatoms. The molecule has 0 saturated carbocycles. The lowest BCUT2D eigenvalue weighted by Crippen LogP contribution is -2.44. The van der Waals surface area contributed by atoms with Gasteiger partial charge in [0.1, 0.15) is 7.74 Å². The van der Waals surface area contributed by atoms with Gasteiger partial charge in [-0.2, -0.15) is 0 Å². The zero-order valence-corrected chi connectivity index (χ0v) is 42.2. The van der Waals surface area contributed by atoms with Gasteiger partial charge in [-0.1, -0.05) is 85.9 Å². The first-order valence-corrected chi connectivity index (χ1v) is 21.5. The molecule has 0 aliphatic carbocycles. The molecule has 0 bridgehead atoms. The summed E-state index contributed by atoms with van der Waals surface area (Å²) in [6, 6.07) is 15.9. The van der Waals surface area contributed by atoms with Crippen LogP contribution in [0.4, 0.5) is 17.1 Å². The topological polar surface area (TPSA) is 162 Å². The van der Waals surface area contributed by atoms with Gasteiger partial charge in [-0.3, -0.25) is 9.59 Å². The number of nitrogen functional groups attached to an aromatic ring is 1. The van der Waals surface area contributed by atoms with Crippen LogP contribution in [-0.4, -0.2) is 77.5 Å². The van der Waals surface area contributed by atoms with Crippen molar-refractivity contribution in [2.45, 2.75) is 117 Å². The molecule has 11 nitrogen and oxygen atoms in total. The second-order valence-corrected chi connectivity index (χ2v) is 19.8. The minimum Gasteiger partial charge on any atom is -0.411 e. The first-order valence-electron chi connectivity index (χ1n) is 18.8. The quantitative estimate of drug-likeness (QED) is 0.0920. The maximum absolute atomic E-state index is 11.4. The monoisotopic (exact) mass is 1030 g/mol. The molecule has 2 amide bonds. The lowest BCUT2D eigenvalue weighted by Gasteiger charge is -2.32. The Morgan fingerprint density at radius 1 is 0.672 bits per heavy atom. The maximum atomic E-state index is 11.4. The van der Waals surface area contributed by atoms with Crippen LogP contribution in [0.3, 0.4) is 0 Å². The summed E-state index contributed by atoms with van der Waals surface area (Å²) in [4.78, 5) is 22.4. The number of nitrogens with one attached hydrogen (secondary N) is 2. The van der Waals surface area contributed by atoms with Gasteiger partial charge in [0.15, 0.2) is 0 Å². The fourth-order valence-corrected chi connectivity index (χ4v) is 5.32. The standard InChI is InChI=1S/C15H19BClNO3.C9H7BrClNO.C6H12B2O2.C6H5BrClN.C6H14O2/c1-6-13(19)18-12-9-10(7-8-11(12)17)16-20-14(2,3)15(4,5)21-16;1-2-9(13)12-8-5-6(10)3-4-7(8)11;1-5(2)6(3,4)10-8(7)9-5;7-4-1-2-5(8)6(9)3-4;1-5(2,7)6(3,4)8/h6-9H,1H2,2-5H3,(H,18,19);2-5H,1H2,(H,12,13);1-4H3;1-3H,9H2;7-8H,1-4H3. The predicted molar refractivity (Wildman–Crippen MR) is 262 cm³/mol. The van der Waals surface area contributed by atoms with Crippen LogP contribution in [0.5, 0.6) is 0 Å². The minimum absolute atomic E-state index is 0.278. The summed E-state index contributed by atoms with van der Waals surface area (Å²) >= 11 is 24.1. The van der Waals surface area contributed by atoms with Crippen molar-refractivity contribution in [2.75, 3.05) is 16.4 Å². The maximum Gasteiger partial charge on any atom is 0.494 e. The lowest BCUT2D eigenvalue weighted by molar-refractivity contribution is -0.112. The number of rotatable bonds is 6. The molecule has 61 heavy (non-hydrogen) atoms. The number of nitrogens with two attached hydrogens (primary N) is 1. The van der Waals surface area contributed by atoms with Crippen molar-refractivity contribution in [1.29, 1.82) is 0 Å². The Bertz CT molecular complexity index is 1950. The van der Waals surface area contributed by atoms with Crippen molar-refractivity contribution in [3.63, 3.8) is 0 Å². The molecule has 2 aliphatic rings. The van der Waals surface area contributed by atoms with E-state index in [0.717, 1.165) is 14.4 Å². The highest BCUT2D eigenvalue weighted by atomic mass is 79.9. The molecular formula is C42H57B3Br2Cl3N3O8. The van der Waals surface area contributed by atoms with Crippen molar-refractivity contribution in [3.05, 3.63) is 104 Å². The van der Waals surface area contributed by atoms with Crippen LogP contribution < -0.4 is 21.8 Å². The van der Waals surface area contributed by atoms with Gasteiger partial charge in [-0.25, -0.2) is 0 Å². The first-order chi connectivity index (χ1) is 27.6. The number of aliphatic hydroxyl groups is 2.